The number of amides is 3. The molecule has 0 spiro atoms. The molecule has 4 heterocycles. The van der Waals surface area contributed by atoms with Gasteiger partial charge in [0.25, 0.3) is 38.0 Å². The van der Waals surface area contributed by atoms with Crippen LogP contribution in [0.2, 0.25) is 0 Å². The van der Waals surface area contributed by atoms with E-state index in [1.807, 2.05) is 66.7 Å². The highest BCUT2D eigenvalue weighted by molar-refractivity contribution is 7.90. The van der Waals surface area contributed by atoms with Gasteiger partial charge in [0.2, 0.25) is 0 Å². The first-order valence-electron chi connectivity index (χ1n) is 25.8. The Morgan fingerprint density at radius 2 is 1.58 bits per heavy atom. The highest BCUT2D eigenvalue weighted by Crippen LogP contribution is 2.57. The molecule has 1 aromatic rings. The van der Waals surface area contributed by atoms with E-state index in [0.29, 0.717) is 69.0 Å². The Labute approximate surface area is 437 Å². The minimum atomic E-state index is -4.50. The predicted molar refractivity (Wildman–Crippen MR) is 280 cm³/mol. The van der Waals surface area contributed by atoms with Crippen LogP contribution < -0.4 is 10.2 Å². The quantitative estimate of drug-likeness (QED) is 0.0466. The van der Waals surface area contributed by atoms with Crippen LogP contribution in [0.1, 0.15) is 140 Å². The summed E-state index contributed by atoms with van der Waals surface area (Å²) in [4.78, 5) is 59.6. The summed E-state index contributed by atoms with van der Waals surface area (Å²) < 4.78 is 76.3. The molecule has 2 saturated heterocycles. The van der Waals surface area contributed by atoms with Crippen molar-refractivity contribution < 1.29 is 59.8 Å². The lowest BCUT2D eigenvalue weighted by Gasteiger charge is -2.46. The van der Waals surface area contributed by atoms with Gasteiger partial charge in [-0.05, 0) is 105 Å². The second-order valence-electron chi connectivity index (χ2n) is 23.2. The molecule has 2 fully saturated rings. The number of aliphatic hydroxyl groups excluding tert-OH is 1. The zero-order valence-corrected chi connectivity index (χ0v) is 46.4. The van der Waals surface area contributed by atoms with Gasteiger partial charge in [-0.25, -0.2) is 4.79 Å². The molecule has 17 nitrogen and oxygen atoms in total. The van der Waals surface area contributed by atoms with Crippen LogP contribution in [0.3, 0.4) is 0 Å². The highest BCUT2D eigenvalue weighted by atomic mass is 32.2. The molecule has 74 heavy (non-hydrogen) atoms. The Hall–Kier alpha value is -5.08. The second kappa shape index (κ2) is 20.5. The van der Waals surface area contributed by atoms with E-state index >= 15 is 0 Å². The van der Waals surface area contributed by atoms with Crippen molar-refractivity contribution >= 4 is 49.6 Å². The summed E-state index contributed by atoms with van der Waals surface area (Å²) in [5, 5.41) is 14.5. The minimum Gasteiger partial charge on any atom is -0.512 e. The van der Waals surface area contributed by atoms with Crippen molar-refractivity contribution in [2.45, 2.75) is 167 Å². The number of rotatable bonds is 18. The third-order valence-corrected chi connectivity index (χ3v) is 18.9. The molecule has 7 atom stereocenters. The van der Waals surface area contributed by atoms with Crippen LogP contribution in [0.15, 0.2) is 93.2 Å². The first-order valence-corrected chi connectivity index (χ1v) is 28.7. The monoisotopic (exact) mass is 1060 g/mol. The smallest absolute Gasteiger partial charge is 0.333 e. The van der Waals surface area contributed by atoms with Gasteiger partial charge >= 0.3 is 5.97 Å². The molecular formula is C55H76N4O13S2. The van der Waals surface area contributed by atoms with Crippen molar-refractivity contribution in [2.75, 3.05) is 24.5 Å². The maximum Gasteiger partial charge on any atom is 0.333 e. The van der Waals surface area contributed by atoms with E-state index in [1.165, 1.54) is 18.2 Å². The summed E-state index contributed by atoms with van der Waals surface area (Å²) in [6.45, 7) is 23.6. The van der Waals surface area contributed by atoms with Crippen LogP contribution in [-0.4, -0.2) is 108 Å². The highest BCUT2D eigenvalue weighted by Gasteiger charge is 2.60. The zero-order chi connectivity index (χ0) is 54.7. The number of aliphatic hydroxyl groups is 1. The molecule has 0 bridgehead atoms. The summed E-state index contributed by atoms with van der Waals surface area (Å²) >= 11 is 0. The van der Waals surface area contributed by atoms with E-state index in [2.05, 4.69) is 55.0 Å². The largest absolute Gasteiger partial charge is 0.512 e. The summed E-state index contributed by atoms with van der Waals surface area (Å²) in [6, 6.07) is 4.23. The number of hydrogen-bond acceptors (Lipinski definition) is 13. The van der Waals surface area contributed by atoms with Crippen molar-refractivity contribution in [3.05, 3.63) is 93.9 Å². The standard InChI is InChI=1S/C55H76N4O13S2/c1-34(48-53(8,9)42-33-38(74(68,69)70)25-27-54(42,10)58(48)31-16-12-13-20-46(62)72-59-44(60)23-24-45(59)61)18-14-15-19-43-52(6,7)40-32-37(73(65,66)67)21-22-41(40)57(43)30-17-29-56-50(64)55(11)28-26-39-35(2)47(63)36(3)51(4,5)49(39)71-55/h14-15,18-19,21-22,25,27,32-34,36,42-43,48,63H,12-13,16-17,20,23-24,26,28-31H2,1-11H3,(H,56,64)(H,65,66,67)(H,68,69,70)/b18-14+,19-15+. The van der Waals surface area contributed by atoms with Crippen LogP contribution in [0.25, 0.3) is 0 Å². The number of imide groups is 1. The molecule has 7 unspecified atom stereocenters. The van der Waals surface area contributed by atoms with Crippen LogP contribution in [0.4, 0.5) is 5.69 Å². The van der Waals surface area contributed by atoms with E-state index in [1.54, 1.807) is 12.1 Å². The van der Waals surface area contributed by atoms with E-state index in [-0.39, 0.29) is 64.8 Å². The molecule has 0 radical (unpaired) electrons. The molecule has 2 aliphatic carbocycles. The number of fused-ring (bicyclic) bond motifs is 2. The maximum atomic E-state index is 13.9. The third kappa shape index (κ3) is 10.6. The Morgan fingerprint density at radius 1 is 0.905 bits per heavy atom. The Bertz CT molecular complexity index is 2860. The second-order valence-corrected chi connectivity index (χ2v) is 26.1. The van der Waals surface area contributed by atoms with Gasteiger partial charge in [0, 0.05) is 78.7 Å². The molecule has 406 valence electrons. The van der Waals surface area contributed by atoms with E-state index in [4.69, 9.17) is 9.57 Å². The van der Waals surface area contributed by atoms with E-state index < -0.39 is 65.4 Å². The van der Waals surface area contributed by atoms with Crippen molar-refractivity contribution in [2.24, 2.45) is 28.6 Å². The van der Waals surface area contributed by atoms with Gasteiger partial charge in [0.05, 0.1) is 21.6 Å². The average molecular weight is 1070 g/mol. The van der Waals surface area contributed by atoms with Crippen molar-refractivity contribution in [1.82, 2.24) is 15.3 Å². The fourth-order valence-electron chi connectivity index (χ4n) is 12.7. The normalized spacial score (nSPS) is 28.9. The summed E-state index contributed by atoms with van der Waals surface area (Å²) in [5.74, 6) is -1.44. The lowest BCUT2D eigenvalue weighted by molar-refractivity contribution is -0.197. The summed E-state index contributed by atoms with van der Waals surface area (Å²) in [7, 11) is -8.98. The maximum absolute atomic E-state index is 13.9. The number of allylic oxidation sites excluding steroid dienone is 7. The zero-order valence-electron chi connectivity index (χ0n) is 44.7. The van der Waals surface area contributed by atoms with Gasteiger partial charge in [-0.1, -0.05) is 98.3 Å². The molecule has 0 aromatic heterocycles. The van der Waals surface area contributed by atoms with Crippen LogP contribution in [0, 0.1) is 28.6 Å². The first-order chi connectivity index (χ1) is 34.3. The van der Waals surface area contributed by atoms with Crippen LogP contribution in [-0.2, 0) is 54.4 Å². The Kier molecular flexibility index (Phi) is 15.7. The first kappa shape index (κ1) is 56.6. The molecule has 4 aliphatic heterocycles. The lowest BCUT2D eigenvalue weighted by Crippen LogP contribution is -2.51. The fourth-order valence-corrected chi connectivity index (χ4v) is 13.7. The molecule has 19 heteroatoms. The van der Waals surface area contributed by atoms with E-state index in [0.717, 1.165) is 28.2 Å². The average Bonchev–Trinajstić information content (AvgIpc) is 3.81. The topological polar surface area (TPSA) is 237 Å². The molecule has 0 saturated carbocycles. The molecular weight excluding hydrogens is 989 g/mol. The number of nitrogens with zero attached hydrogens (tertiary/aromatic N) is 3. The Balaban J connectivity index is 1.06. The van der Waals surface area contributed by atoms with Gasteiger partial charge in [-0.2, -0.15) is 16.8 Å². The molecule has 6 aliphatic rings. The number of anilines is 1. The number of nitrogens with one attached hydrogen (secondary N) is 1. The van der Waals surface area contributed by atoms with Crippen molar-refractivity contribution in [1.29, 1.82) is 0 Å². The number of carbonyl (C=O) groups is 4. The number of hydroxylamine groups is 2. The predicted octanol–water partition coefficient (Wildman–Crippen LogP) is 8.58. The van der Waals surface area contributed by atoms with Gasteiger partial charge in [0.15, 0.2) is 5.60 Å². The lowest BCUT2D eigenvalue weighted by atomic mass is 9.67. The van der Waals surface area contributed by atoms with Crippen LogP contribution >= 0.6 is 0 Å². The van der Waals surface area contributed by atoms with Crippen LogP contribution in [0.5, 0.6) is 0 Å². The summed E-state index contributed by atoms with van der Waals surface area (Å²) in [5.41, 5.74) is -0.0818. The molecule has 3 amide bonds. The minimum absolute atomic E-state index is 0.0134. The SMILES string of the molecule is CC1=C(O)C(C)C(C)(C)C2=C1CCC(C)(C(=O)NCCCN1c3ccc(S(=O)(=O)O)cc3C(C)(C)C1/C=C/C=C/C(C)C1N(CCCCCC(=O)ON3C(=O)CCC3=O)C3(C)C=CC(S(=O)(=O)O)=CC3C1(C)C)O2. The fraction of sp³-hybridized carbons (Fsp3) is 0.600. The van der Waals surface area contributed by atoms with Crippen molar-refractivity contribution in [3.63, 3.8) is 0 Å². The van der Waals surface area contributed by atoms with Gasteiger partial charge in [-0.3, -0.25) is 28.4 Å². The molecule has 4 N–H and O–H groups in total. The van der Waals surface area contributed by atoms with Gasteiger partial charge in [-0.15, -0.1) is 5.06 Å². The third-order valence-electron chi connectivity index (χ3n) is 17.2. The van der Waals surface area contributed by atoms with E-state index in [9.17, 15) is 50.2 Å². The molecule has 7 rings (SSSR count). The van der Waals surface area contributed by atoms with Crippen molar-refractivity contribution in [3.8, 4) is 0 Å². The Morgan fingerprint density at radius 3 is 2.23 bits per heavy atom. The van der Waals surface area contributed by atoms with Gasteiger partial charge in [0.1, 0.15) is 5.76 Å². The number of ether oxygens (including phenoxy) is 1. The number of hydrogen-bond donors (Lipinski definition) is 4. The number of likely N-dealkylation sites (tertiary alicyclic amines) is 1. The van der Waals surface area contributed by atoms with Gasteiger partial charge < -0.3 is 24.9 Å². The summed E-state index contributed by atoms with van der Waals surface area (Å²) in [6.07, 6.45) is 16.5. The molecule has 1 aromatic carbocycles. The number of carbonyl (C=O) groups excluding carboxylic acids is 4. The number of benzene rings is 1. The number of unbranched alkanes of at least 4 members (excludes halogenated alkanes) is 2.